The smallest absolute Gasteiger partial charge is 0.407 e. The predicted molar refractivity (Wildman–Crippen MR) is 67.5 cm³/mol. The van der Waals surface area contributed by atoms with Crippen LogP contribution in [-0.2, 0) is 14.4 Å². The van der Waals surface area contributed by atoms with Crippen LogP contribution in [0.5, 0.6) is 0 Å². The molecule has 7 nitrogen and oxygen atoms in total. The van der Waals surface area contributed by atoms with Gasteiger partial charge in [-0.25, -0.2) is 4.79 Å². The normalized spacial score (nSPS) is 25.5. The molecule has 0 aromatic heterocycles. The number of rotatable bonds is 2. The quantitative estimate of drug-likeness (QED) is 0.780. The molecule has 2 atom stereocenters. The van der Waals surface area contributed by atoms with E-state index in [0.29, 0.717) is 12.8 Å². The maximum Gasteiger partial charge on any atom is 0.407 e. The van der Waals surface area contributed by atoms with Gasteiger partial charge < -0.3 is 15.2 Å². The Morgan fingerprint density at radius 1 is 1.37 bits per heavy atom. The molecule has 2 N–H and O–H groups in total. The molecule has 0 spiro atoms. The molecule has 0 aliphatic carbocycles. The number of carboxylic acids is 1. The van der Waals surface area contributed by atoms with E-state index in [1.807, 2.05) is 0 Å². The van der Waals surface area contributed by atoms with Gasteiger partial charge >= 0.3 is 12.1 Å². The van der Waals surface area contributed by atoms with Gasteiger partial charge in [0.1, 0.15) is 11.6 Å². The number of hydrogen-bond donors (Lipinski definition) is 2. The minimum atomic E-state index is -0.930. The van der Waals surface area contributed by atoms with Gasteiger partial charge in [-0.05, 0) is 33.6 Å². The lowest BCUT2D eigenvalue weighted by Gasteiger charge is -2.22. The van der Waals surface area contributed by atoms with Crippen LogP contribution in [0.3, 0.4) is 0 Å². The van der Waals surface area contributed by atoms with Gasteiger partial charge in [0.2, 0.25) is 0 Å². The average Bonchev–Trinajstić information content (AvgIpc) is 2.38. The molecule has 1 unspecified atom stereocenters. The summed E-state index contributed by atoms with van der Waals surface area (Å²) >= 11 is 0. The lowest BCUT2D eigenvalue weighted by Crippen LogP contribution is -2.41. The first-order chi connectivity index (χ1) is 8.69. The van der Waals surface area contributed by atoms with Crippen molar-refractivity contribution in [2.45, 2.75) is 51.3 Å². The molecule has 1 aliphatic rings. The first-order valence-electron chi connectivity index (χ1n) is 6.27. The molecule has 7 heteroatoms. The van der Waals surface area contributed by atoms with Crippen LogP contribution in [0, 0.1) is 0 Å². The number of likely N-dealkylation sites (N-methyl/N-ethyl adjacent to an activating group) is 1. The zero-order valence-corrected chi connectivity index (χ0v) is 11.8. The van der Waals surface area contributed by atoms with Crippen LogP contribution < -0.4 is 5.32 Å². The highest BCUT2D eigenvalue weighted by molar-refractivity contribution is 5.73. The minimum Gasteiger partial charge on any atom is -0.480 e. The number of carbonyl (C=O) groups excluding carboxylic acids is 1. The fourth-order valence-corrected chi connectivity index (χ4v) is 1.79. The third kappa shape index (κ3) is 5.44. The summed E-state index contributed by atoms with van der Waals surface area (Å²) in [6, 6.07) is -0.938. The molecule has 110 valence electrons. The number of nitrogens with zero attached hydrogens (tertiary/aromatic N) is 1. The summed E-state index contributed by atoms with van der Waals surface area (Å²) in [7, 11) is 1.58. The molecular weight excluding hydrogens is 252 g/mol. The summed E-state index contributed by atoms with van der Waals surface area (Å²) < 4.78 is 5.15. The zero-order chi connectivity index (χ0) is 14.6. The summed E-state index contributed by atoms with van der Waals surface area (Å²) in [5, 5.41) is 13.0. The van der Waals surface area contributed by atoms with E-state index in [1.54, 1.807) is 27.8 Å². The Morgan fingerprint density at radius 3 is 2.53 bits per heavy atom. The van der Waals surface area contributed by atoms with Crippen LogP contribution in [-0.4, -0.2) is 53.6 Å². The van der Waals surface area contributed by atoms with Crippen molar-refractivity contribution in [1.82, 2.24) is 10.4 Å². The van der Waals surface area contributed by atoms with Gasteiger partial charge in [-0.2, -0.15) is 5.06 Å². The van der Waals surface area contributed by atoms with E-state index in [1.165, 1.54) is 5.06 Å². The number of carboxylic acid groups (broad SMARTS) is 1. The number of nitrogens with one attached hydrogen (secondary N) is 1. The van der Waals surface area contributed by atoms with Crippen molar-refractivity contribution >= 4 is 12.1 Å². The van der Waals surface area contributed by atoms with E-state index < -0.39 is 23.7 Å². The molecule has 0 saturated carbocycles. The summed E-state index contributed by atoms with van der Waals surface area (Å²) in [6.07, 6.45) is 0.421. The van der Waals surface area contributed by atoms with Gasteiger partial charge in [0.05, 0.1) is 12.6 Å². The van der Waals surface area contributed by atoms with Crippen molar-refractivity contribution in [1.29, 1.82) is 0 Å². The Morgan fingerprint density at radius 2 is 2.00 bits per heavy atom. The van der Waals surface area contributed by atoms with Gasteiger partial charge in [0, 0.05) is 7.05 Å². The Balaban J connectivity index is 2.49. The second-order valence-corrected chi connectivity index (χ2v) is 5.62. The van der Waals surface area contributed by atoms with Gasteiger partial charge in [0.25, 0.3) is 0 Å². The van der Waals surface area contributed by atoms with Crippen LogP contribution >= 0.6 is 0 Å². The summed E-state index contributed by atoms with van der Waals surface area (Å²) in [4.78, 5) is 27.9. The van der Waals surface area contributed by atoms with Gasteiger partial charge in [-0.1, -0.05) is 0 Å². The predicted octanol–water partition coefficient (Wildman–Crippen LogP) is 0.990. The Hall–Kier alpha value is -1.34. The first kappa shape index (κ1) is 15.7. The molecule has 19 heavy (non-hydrogen) atoms. The number of ether oxygens (including phenoxy) is 1. The Bertz CT molecular complexity index is 340. The number of hydrogen-bond acceptors (Lipinski definition) is 5. The lowest BCUT2D eigenvalue weighted by molar-refractivity contribution is -0.183. The van der Waals surface area contributed by atoms with E-state index in [0.717, 1.165) is 0 Å². The van der Waals surface area contributed by atoms with Gasteiger partial charge in [-0.3, -0.25) is 9.63 Å². The van der Waals surface area contributed by atoms with Crippen molar-refractivity contribution in [3.05, 3.63) is 0 Å². The third-order valence-electron chi connectivity index (χ3n) is 2.71. The molecular formula is C12H22N2O5. The Labute approximate surface area is 112 Å². The van der Waals surface area contributed by atoms with Crippen molar-refractivity contribution in [3.63, 3.8) is 0 Å². The lowest BCUT2D eigenvalue weighted by atomic mass is 10.1. The van der Waals surface area contributed by atoms with Crippen LogP contribution in [0.2, 0.25) is 0 Å². The monoisotopic (exact) mass is 274 g/mol. The molecule has 1 aliphatic heterocycles. The van der Waals surface area contributed by atoms with Crippen molar-refractivity contribution in [3.8, 4) is 0 Å². The maximum atomic E-state index is 11.6. The fourth-order valence-electron chi connectivity index (χ4n) is 1.79. The van der Waals surface area contributed by atoms with Crippen LogP contribution in [0.1, 0.15) is 33.6 Å². The molecule has 0 aromatic rings. The molecule has 0 aromatic carbocycles. The van der Waals surface area contributed by atoms with Gasteiger partial charge in [-0.15, -0.1) is 0 Å². The summed E-state index contributed by atoms with van der Waals surface area (Å²) in [5.74, 6) is -0.930. The van der Waals surface area contributed by atoms with Gasteiger partial charge in [0.15, 0.2) is 0 Å². The topological polar surface area (TPSA) is 88.1 Å². The molecule has 1 fully saturated rings. The van der Waals surface area contributed by atoms with Crippen LogP contribution in [0.15, 0.2) is 0 Å². The first-order valence-corrected chi connectivity index (χ1v) is 6.27. The highest BCUT2D eigenvalue weighted by atomic mass is 16.7. The molecule has 1 saturated heterocycles. The molecule has 1 amide bonds. The number of aliphatic carboxylic acids is 1. The molecule has 1 heterocycles. The van der Waals surface area contributed by atoms with E-state index in [9.17, 15) is 9.59 Å². The highest BCUT2D eigenvalue weighted by Gasteiger charge is 2.30. The maximum absolute atomic E-state index is 11.6. The van der Waals surface area contributed by atoms with E-state index in [4.69, 9.17) is 14.7 Å². The number of hydroxylamine groups is 2. The third-order valence-corrected chi connectivity index (χ3v) is 2.71. The van der Waals surface area contributed by atoms with Crippen molar-refractivity contribution in [2.75, 3.05) is 13.7 Å². The second kappa shape index (κ2) is 6.21. The summed E-state index contributed by atoms with van der Waals surface area (Å²) in [6.45, 7) is 5.58. The van der Waals surface area contributed by atoms with Crippen molar-refractivity contribution in [2.24, 2.45) is 0 Å². The SMILES string of the molecule is CN1OC[C@@H](NC(=O)OC(C)(C)C)CCC1C(=O)O. The standard InChI is InChI=1S/C12H22N2O5/c1-12(2,3)19-11(17)13-8-5-6-9(10(15)16)14(4)18-7-8/h8-9H,5-7H2,1-4H3,(H,13,17)(H,15,16)/t8-,9?/m0/s1. The van der Waals surface area contributed by atoms with Crippen molar-refractivity contribution < 1.29 is 24.3 Å². The van der Waals surface area contributed by atoms with E-state index in [2.05, 4.69) is 5.32 Å². The number of amides is 1. The molecule has 0 bridgehead atoms. The number of carbonyl (C=O) groups is 2. The van der Waals surface area contributed by atoms with Crippen LogP contribution in [0.25, 0.3) is 0 Å². The van der Waals surface area contributed by atoms with E-state index >= 15 is 0 Å². The summed E-state index contributed by atoms with van der Waals surface area (Å²) in [5.41, 5.74) is -0.559. The average molecular weight is 274 g/mol. The van der Waals surface area contributed by atoms with Crippen LogP contribution in [0.4, 0.5) is 4.79 Å². The molecule has 1 rings (SSSR count). The zero-order valence-electron chi connectivity index (χ0n) is 11.8. The largest absolute Gasteiger partial charge is 0.480 e. The molecule has 0 radical (unpaired) electrons. The fraction of sp³-hybridized carbons (Fsp3) is 0.833. The highest BCUT2D eigenvalue weighted by Crippen LogP contribution is 2.15. The number of alkyl carbamates (subject to hydrolysis) is 1. The Kier molecular flexibility index (Phi) is 5.13. The minimum absolute atomic E-state index is 0.236. The van der Waals surface area contributed by atoms with E-state index in [-0.39, 0.29) is 12.6 Å². The second-order valence-electron chi connectivity index (χ2n) is 5.62.